The van der Waals surface area contributed by atoms with E-state index in [4.69, 9.17) is 0 Å². The van der Waals surface area contributed by atoms with E-state index >= 15 is 0 Å². The molecule has 0 bridgehead atoms. The second-order valence-electron chi connectivity index (χ2n) is 5.90. The van der Waals surface area contributed by atoms with Crippen LogP contribution in [0.25, 0.3) is 0 Å². The number of sulfonamides is 1. The Bertz CT molecular complexity index is 591. The second kappa shape index (κ2) is 5.84. The molecule has 0 saturated heterocycles. The molecule has 1 unspecified atom stereocenters. The quantitative estimate of drug-likeness (QED) is 0.846. The third kappa shape index (κ3) is 3.59. The average molecular weight is 297 g/mol. The molecule has 0 radical (unpaired) electrons. The van der Waals surface area contributed by atoms with Crippen LogP contribution in [0, 0.1) is 19.8 Å². The number of aliphatic hydroxyl groups is 1. The fourth-order valence-electron chi connectivity index (χ4n) is 2.56. The third-order valence-corrected chi connectivity index (χ3v) is 5.57. The van der Waals surface area contributed by atoms with Crippen LogP contribution in [-0.2, 0) is 16.6 Å². The van der Waals surface area contributed by atoms with Crippen molar-refractivity contribution in [3.05, 3.63) is 28.8 Å². The first-order valence-electron chi connectivity index (χ1n) is 7.07. The smallest absolute Gasteiger partial charge is 0.241 e. The van der Waals surface area contributed by atoms with Gasteiger partial charge in [-0.25, -0.2) is 13.1 Å². The van der Waals surface area contributed by atoms with E-state index in [0.29, 0.717) is 17.0 Å². The third-order valence-electron chi connectivity index (χ3n) is 3.83. The van der Waals surface area contributed by atoms with Crippen LogP contribution in [0.4, 0.5) is 0 Å². The summed E-state index contributed by atoms with van der Waals surface area (Å²) in [5.41, 5.74) is 2.28. The van der Waals surface area contributed by atoms with Crippen molar-refractivity contribution >= 4 is 10.0 Å². The summed E-state index contributed by atoms with van der Waals surface area (Å²) in [6.07, 6.45) is 3.32. The summed E-state index contributed by atoms with van der Waals surface area (Å²) < 4.78 is 27.7. The zero-order chi connectivity index (χ0) is 14.9. The molecule has 1 aliphatic carbocycles. The molecule has 1 aliphatic rings. The Morgan fingerprint density at radius 2 is 1.95 bits per heavy atom. The summed E-state index contributed by atoms with van der Waals surface area (Å²) in [7, 11) is -3.52. The van der Waals surface area contributed by atoms with Crippen LogP contribution in [0.1, 0.15) is 42.9 Å². The van der Waals surface area contributed by atoms with E-state index in [1.807, 2.05) is 19.9 Å². The highest BCUT2D eigenvalue weighted by atomic mass is 32.2. The molecule has 1 saturated carbocycles. The predicted octanol–water partition coefficient (Wildman–Crippen LogP) is 2.26. The molecule has 20 heavy (non-hydrogen) atoms. The van der Waals surface area contributed by atoms with Crippen LogP contribution in [0.3, 0.4) is 0 Å². The van der Waals surface area contributed by atoms with Crippen LogP contribution in [0.2, 0.25) is 0 Å². The summed E-state index contributed by atoms with van der Waals surface area (Å²) in [5.74, 6) is 0.680. The minimum atomic E-state index is -3.52. The normalized spacial score (nSPS) is 17.2. The molecule has 0 spiro atoms. The fourth-order valence-corrected chi connectivity index (χ4v) is 4.10. The molecule has 2 N–H and O–H groups in total. The predicted molar refractivity (Wildman–Crippen MR) is 79.0 cm³/mol. The van der Waals surface area contributed by atoms with Crippen molar-refractivity contribution in [2.24, 2.45) is 5.92 Å². The van der Waals surface area contributed by atoms with Gasteiger partial charge in [-0.15, -0.1) is 0 Å². The van der Waals surface area contributed by atoms with Crippen LogP contribution >= 0.6 is 0 Å². The number of hydrogen-bond donors (Lipinski definition) is 2. The number of benzene rings is 1. The maximum atomic E-state index is 12.5. The lowest BCUT2D eigenvalue weighted by molar-refractivity contribution is 0.280. The van der Waals surface area contributed by atoms with Crippen molar-refractivity contribution in [3.63, 3.8) is 0 Å². The van der Waals surface area contributed by atoms with Gasteiger partial charge in [0, 0.05) is 6.04 Å². The van der Waals surface area contributed by atoms with Crippen molar-refractivity contribution in [1.82, 2.24) is 4.72 Å². The van der Waals surface area contributed by atoms with Crippen molar-refractivity contribution < 1.29 is 13.5 Å². The van der Waals surface area contributed by atoms with E-state index in [1.165, 1.54) is 12.8 Å². The first-order chi connectivity index (χ1) is 9.33. The van der Waals surface area contributed by atoms with Gasteiger partial charge in [0.1, 0.15) is 0 Å². The van der Waals surface area contributed by atoms with Gasteiger partial charge in [-0.1, -0.05) is 18.9 Å². The first kappa shape index (κ1) is 15.5. The van der Waals surface area contributed by atoms with Gasteiger partial charge in [-0.05, 0) is 55.9 Å². The van der Waals surface area contributed by atoms with E-state index in [2.05, 4.69) is 4.72 Å². The number of aryl methyl sites for hydroxylation is 2. The highest BCUT2D eigenvalue weighted by molar-refractivity contribution is 7.89. The molecule has 2 rings (SSSR count). The van der Waals surface area contributed by atoms with Gasteiger partial charge in [0.25, 0.3) is 0 Å². The highest BCUT2D eigenvalue weighted by Gasteiger charge is 2.27. The summed E-state index contributed by atoms with van der Waals surface area (Å²) in [6.45, 7) is 5.42. The van der Waals surface area contributed by atoms with Crippen molar-refractivity contribution in [1.29, 1.82) is 0 Å². The molecule has 5 heteroatoms. The molecule has 4 nitrogen and oxygen atoms in total. The van der Waals surface area contributed by atoms with E-state index in [1.54, 1.807) is 13.0 Å². The van der Waals surface area contributed by atoms with E-state index in [0.717, 1.165) is 12.0 Å². The van der Waals surface area contributed by atoms with Crippen molar-refractivity contribution in [2.75, 3.05) is 0 Å². The number of rotatable bonds is 6. The molecular weight excluding hydrogens is 274 g/mol. The Balaban J connectivity index is 2.23. The maximum absolute atomic E-state index is 12.5. The first-order valence-corrected chi connectivity index (χ1v) is 8.55. The lowest BCUT2D eigenvalue weighted by atomic mass is 10.1. The summed E-state index contributed by atoms with van der Waals surface area (Å²) in [4.78, 5) is 0.273. The zero-order valence-corrected chi connectivity index (χ0v) is 13.1. The lowest BCUT2D eigenvalue weighted by Crippen LogP contribution is -2.33. The monoisotopic (exact) mass is 297 g/mol. The molecule has 112 valence electrons. The standard InChI is InChI=1S/C15H23NO3S/c1-10-6-11(2)15(8-14(10)9-17)20(18,19)16-12(3)7-13-4-5-13/h6,8,12-13,16-17H,4-5,7,9H2,1-3H3. The van der Waals surface area contributed by atoms with Gasteiger partial charge in [-0.3, -0.25) is 0 Å². The zero-order valence-electron chi connectivity index (χ0n) is 12.3. The molecular formula is C15H23NO3S. The van der Waals surface area contributed by atoms with Gasteiger partial charge in [0.05, 0.1) is 11.5 Å². The minimum Gasteiger partial charge on any atom is -0.392 e. The maximum Gasteiger partial charge on any atom is 0.241 e. The average Bonchev–Trinajstić information content (AvgIpc) is 3.11. The van der Waals surface area contributed by atoms with Crippen LogP contribution in [0.15, 0.2) is 17.0 Å². The SMILES string of the molecule is Cc1cc(C)c(S(=O)(=O)NC(C)CC2CC2)cc1CO. The molecule has 0 aliphatic heterocycles. The van der Waals surface area contributed by atoms with Gasteiger partial charge in [0.15, 0.2) is 0 Å². The minimum absolute atomic E-state index is 0.0502. The second-order valence-corrected chi connectivity index (χ2v) is 7.59. The Morgan fingerprint density at radius 3 is 2.50 bits per heavy atom. The Morgan fingerprint density at radius 1 is 1.30 bits per heavy atom. The topological polar surface area (TPSA) is 66.4 Å². The van der Waals surface area contributed by atoms with Gasteiger partial charge in [0.2, 0.25) is 10.0 Å². The molecule has 0 amide bonds. The van der Waals surface area contributed by atoms with Gasteiger partial charge < -0.3 is 5.11 Å². The molecule has 1 atom stereocenters. The largest absolute Gasteiger partial charge is 0.392 e. The summed E-state index contributed by atoms with van der Waals surface area (Å²) >= 11 is 0. The van der Waals surface area contributed by atoms with Crippen molar-refractivity contribution in [3.8, 4) is 0 Å². The van der Waals surface area contributed by atoms with E-state index in [9.17, 15) is 13.5 Å². The molecule has 1 aromatic rings. The Labute approximate surface area is 121 Å². The van der Waals surface area contributed by atoms with Gasteiger partial charge in [-0.2, -0.15) is 0 Å². The molecule has 1 fully saturated rings. The van der Waals surface area contributed by atoms with E-state index in [-0.39, 0.29) is 17.5 Å². The number of nitrogens with one attached hydrogen (secondary N) is 1. The highest BCUT2D eigenvalue weighted by Crippen LogP contribution is 2.33. The Kier molecular flexibility index (Phi) is 4.52. The molecule has 0 aromatic heterocycles. The molecule has 0 heterocycles. The van der Waals surface area contributed by atoms with Crippen LogP contribution in [0.5, 0.6) is 0 Å². The van der Waals surface area contributed by atoms with Crippen LogP contribution < -0.4 is 4.72 Å². The van der Waals surface area contributed by atoms with Gasteiger partial charge >= 0.3 is 0 Å². The summed E-state index contributed by atoms with van der Waals surface area (Å²) in [6, 6.07) is 3.34. The summed E-state index contributed by atoms with van der Waals surface area (Å²) in [5, 5.41) is 9.29. The van der Waals surface area contributed by atoms with Crippen LogP contribution in [-0.4, -0.2) is 19.6 Å². The van der Waals surface area contributed by atoms with Crippen molar-refractivity contribution in [2.45, 2.75) is 57.6 Å². The number of aliphatic hydroxyl groups excluding tert-OH is 1. The van der Waals surface area contributed by atoms with E-state index < -0.39 is 10.0 Å². The fraction of sp³-hybridized carbons (Fsp3) is 0.600. The Hall–Kier alpha value is -0.910. The lowest BCUT2D eigenvalue weighted by Gasteiger charge is -2.16. The molecule has 1 aromatic carbocycles. The number of hydrogen-bond acceptors (Lipinski definition) is 3.